The highest BCUT2D eigenvalue weighted by molar-refractivity contribution is 5.94. The van der Waals surface area contributed by atoms with Crippen molar-refractivity contribution < 1.29 is 9.53 Å². The van der Waals surface area contributed by atoms with Gasteiger partial charge in [-0.15, -0.1) is 0 Å². The third-order valence-electron chi connectivity index (χ3n) is 5.43. The summed E-state index contributed by atoms with van der Waals surface area (Å²) in [4.78, 5) is 21.8. The zero-order valence-corrected chi connectivity index (χ0v) is 17.5. The number of aromatic nitrogens is 2. The Bertz CT molecular complexity index is 945. The minimum absolute atomic E-state index is 0.0634. The van der Waals surface area contributed by atoms with Gasteiger partial charge in [-0.05, 0) is 50.3 Å². The summed E-state index contributed by atoms with van der Waals surface area (Å²) in [5.41, 5.74) is 2.35. The first-order valence-corrected chi connectivity index (χ1v) is 10.5. The molecule has 0 atom stereocenters. The predicted molar refractivity (Wildman–Crippen MR) is 117 cm³/mol. The smallest absolute Gasteiger partial charge is 0.251 e. The molecule has 158 valence electrons. The topological polar surface area (TPSA) is 62.1 Å². The summed E-state index contributed by atoms with van der Waals surface area (Å²) in [7, 11) is 2.16. The van der Waals surface area contributed by atoms with E-state index in [4.69, 9.17) is 4.74 Å². The second-order valence-electron chi connectivity index (χ2n) is 7.77. The molecule has 1 N–H and O–H groups in total. The van der Waals surface area contributed by atoms with E-state index in [9.17, 15) is 4.79 Å². The molecule has 2 aromatic heterocycles. The summed E-state index contributed by atoms with van der Waals surface area (Å²) in [5.74, 6) is 0.601. The van der Waals surface area contributed by atoms with Crippen LogP contribution < -0.4 is 10.1 Å². The Kier molecular flexibility index (Phi) is 6.61. The Morgan fingerprint density at radius 1 is 1.13 bits per heavy atom. The number of carbonyl (C=O) groups is 1. The van der Waals surface area contributed by atoms with Gasteiger partial charge in [-0.25, -0.2) is 4.98 Å². The van der Waals surface area contributed by atoms with Crippen LogP contribution in [0.15, 0.2) is 54.9 Å². The van der Waals surface area contributed by atoms with Gasteiger partial charge >= 0.3 is 0 Å². The highest BCUT2D eigenvalue weighted by atomic mass is 16.5. The Labute approximate surface area is 177 Å². The molecule has 0 radical (unpaired) electrons. The molecule has 0 bridgehead atoms. The number of ether oxygens (including phenoxy) is 1. The molecule has 7 nitrogen and oxygen atoms in total. The van der Waals surface area contributed by atoms with Crippen molar-refractivity contribution in [3.05, 3.63) is 66.1 Å². The number of amides is 1. The van der Waals surface area contributed by atoms with Crippen LogP contribution in [0.5, 0.6) is 5.75 Å². The van der Waals surface area contributed by atoms with Gasteiger partial charge in [0, 0.05) is 50.7 Å². The normalized spacial score (nSPS) is 15.4. The molecule has 1 amide bonds. The van der Waals surface area contributed by atoms with Crippen molar-refractivity contribution in [1.82, 2.24) is 24.5 Å². The molecule has 0 saturated carbocycles. The monoisotopic (exact) mass is 407 g/mol. The van der Waals surface area contributed by atoms with Gasteiger partial charge in [-0.3, -0.25) is 4.79 Å². The molecule has 3 heterocycles. The van der Waals surface area contributed by atoms with Gasteiger partial charge in [0.1, 0.15) is 18.0 Å². The van der Waals surface area contributed by atoms with Crippen LogP contribution in [0.3, 0.4) is 0 Å². The molecule has 7 heteroatoms. The summed E-state index contributed by atoms with van der Waals surface area (Å²) < 4.78 is 7.82. The molecular weight excluding hydrogens is 378 g/mol. The van der Waals surface area contributed by atoms with Gasteiger partial charge in [0.2, 0.25) is 0 Å². The number of carbonyl (C=O) groups excluding carboxylic acids is 1. The van der Waals surface area contributed by atoms with Gasteiger partial charge in [0.05, 0.1) is 5.69 Å². The van der Waals surface area contributed by atoms with Crippen LogP contribution in [0, 0.1) is 0 Å². The number of fused-ring (bicyclic) bond motifs is 1. The summed E-state index contributed by atoms with van der Waals surface area (Å²) in [5, 5.41) is 3.02. The third-order valence-corrected chi connectivity index (χ3v) is 5.43. The largest absolute Gasteiger partial charge is 0.487 e. The predicted octanol–water partition coefficient (Wildman–Crippen LogP) is 2.28. The number of nitrogens with one attached hydrogen (secondary N) is 1. The van der Waals surface area contributed by atoms with E-state index in [0.717, 1.165) is 50.5 Å². The summed E-state index contributed by atoms with van der Waals surface area (Å²) in [6.07, 6.45) is 4.87. The fraction of sp³-hybridized carbons (Fsp3) is 0.391. The van der Waals surface area contributed by atoms with Crippen LogP contribution in [0.4, 0.5) is 0 Å². The van der Waals surface area contributed by atoms with Crippen LogP contribution in [0.1, 0.15) is 22.5 Å². The lowest BCUT2D eigenvalue weighted by Crippen LogP contribution is -2.45. The zero-order chi connectivity index (χ0) is 20.8. The lowest BCUT2D eigenvalue weighted by Gasteiger charge is -2.32. The number of nitrogens with zero attached hydrogens (tertiary/aromatic N) is 4. The molecule has 0 aliphatic carbocycles. The van der Waals surface area contributed by atoms with E-state index >= 15 is 0 Å². The third kappa shape index (κ3) is 5.37. The summed E-state index contributed by atoms with van der Waals surface area (Å²) >= 11 is 0. The molecule has 0 unspecified atom stereocenters. The van der Waals surface area contributed by atoms with Crippen molar-refractivity contribution in [2.75, 3.05) is 46.3 Å². The van der Waals surface area contributed by atoms with Crippen molar-refractivity contribution in [1.29, 1.82) is 0 Å². The van der Waals surface area contributed by atoms with E-state index in [0.29, 0.717) is 24.5 Å². The lowest BCUT2D eigenvalue weighted by atomic mass is 10.2. The highest BCUT2D eigenvalue weighted by Crippen LogP contribution is 2.15. The van der Waals surface area contributed by atoms with Crippen molar-refractivity contribution >= 4 is 11.6 Å². The van der Waals surface area contributed by atoms with Gasteiger partial charge < -0.3 is 24.3 Å². The second-order valence-corrected chi connectivity index (χ2v) is 7.77. The second kappa shape index (κ2) is 9.73. The van der Waals surface area contributed by atoms with Crippen LogP contribution >= 0.6 is 0 Å². The van der Waals surface area contributed by atoms with E-state index in [1.165, 1.54) is 0 Å². The molecule has 3 aromatic rings. The van der Waals surface area contributed by atoms with E-state index in [1.54, 1.807) is 6.07 Å². The van der Waals surface area contributed by atoms with Gasteiger partial charge in [0.25, 0.3) is 5.91 Å². The van der Waals surface area contributed by atoms with E-state index in [-0.39, 0.29) is 5.91 Å². The molecule has 0 spiro atoms. The van der Waals surface area contributed by atoms with Crippen LogP contribution in [-0.2, 0) is 6.61 Å². The van der Waals surface area contributed by atoms with Gasteiger partial charge in [0.15, 0.2) is 0 Å². The molecule has 30 heavy (non-hydrogen) atoms. The molecule has 4 rings (SSSR count). The fourth-order valence-corrected chi connectivity index (χ4v) is 3.62. The maximum atomic E-state index is 12.5. The number of rotatable bonds is 8. The molecule has 1 saturated heterocycles. The maximum Gasteiger partial charge on any atom is 0.251 e. The Hall–Kier alpha value is -2.90. The number of benzene rings is 1. The SMILES string of the molecule is CN1CCN(CCCNC(=O)c2cccc(OCc3cn4ccccc4n3)c2)CC1. The first kappa shape index (κ1) is 20.4. The van der Waals surface area contributed by atoms with Crippen LogP contribution in [0.25, 0.3) is 5.65 Å². The van der Waals surface area contributed by atoms with Crippen molar-refractivity contribution in [2.45, 2.75) is 13.0 Å². The quantitative estimate of drug-likeness (QED) is 0.581. The number of hydrogen-bond acceptors (Lipinski definition) is 5. The van der Waals surface area contributed by atoms with Gasteiger partial charge in [-0.2, -0.15) is 0 Å². The molecule has 1 aliphatic rings. The molecule has 1 aromatic carbocycles. The Morgan fingerprint density at radius 3 is 2.83 bits per heavy atom. The first-order valence-electron chi connectivity index (χ1n) is 10.5. The van der Waals surface area contributed by atoms with Gasteiger partial charge in [-0.1, -0.05) is 12.1 Å². The molecule has 1 aliphatic heterocycles. The minimum atomic E-state index is -0.0634. The number of pyridine rings is 1. The van der Waals surface area contributed by atoms with Crippen molar-refractivity contribution in [2.24, 2.45) is 0 Å². The fourth-order valence-electron chi connectivity index (χ4n) is 3.62. The van der Waals surface area contributed by atoms with Crippen molar-refractivity contribution in [3.63, 3.8) is 0 Å². The minimum Gasteiger partial charge on any atom is -0.487 e. The zero-order valence-electron chi connectivity index (χ0n) is 17.5. The maximum absolute atomic E-state index is 12.5. The van der Waals surface area contributed by atoms with E-state index in [1.807, 2.05) is 53.2 Å². The van der Waals surface area contributed by atoms with Crippen molar-refractivity contribution in [3.8, 4) is 5.75 Å². The Morgan fingerprint density at radius 2 is 2.00 bits per heavy atom. The standard InChI is InChI=1S/C23H29N5O2/c1-26-12-14-27(15-13-26)10-5-9-24-23(29)19-6-4-7-21(16-19)30-18-20-17-28-11-3-2-8-22(28)25-20/h2-4,6-8,11,16-17H,5,9-10,12-15,18H2,1H3,(H,24,29). The number of likely N-dealkylation sites (N-methyl/N-ethyl adjacent to an activating group) is 1. The Balaban J connectivity index is 1.23. The lowest BCUT2D eigenvalue weighted by molar-refractivity contribution is 0.0949. The number of hydrogen-bond donors (Lipinski definition) is 1. The average molecular weight is 408 g/mol. The van der Waals surface area contributed by atoms with E-state index < -0.39 is 0 Å². The number of imidazole rings is 1. The average Bonchev–Trinajstić information content (AvgIpc) is 3.20. The molecule has 1 fully saturated rings. The van der Waals surface area contributed by atoms with E-state index in [2.05, 4.69) is 27.1 Å². The number of piperazine rings is 1. The highest BCUT2D eigenvalue weighted by Gasteiger charge is 2.13. The summed E-state index contributed by atoms with van der Waals surface area (Å²) in [6, 6.07) is 13.2. The van der Waals surface area contributed by atoms with Crippen LogP contribution in [-0.4, -0.2) is 71.4 Å². The van der Waals surface area contributed by atoms with Crippen LogP contribution in [0.2, 0.25) is 0 Å². The first-order chi connectivity index (χ1) is 14.7. The summed E-state index contributed by atoms with van der Waals surface area (Å²) in [6.45, 7) is 6.51. The molecular formula is C23H29N5O2.